The van der Waals surface area contributed by atoms with Crippen LogP contribution in [0.3, 0.4) is 0 Å². The molecule has 0 saturated carbocycles. The van der Waals surface area contributed by atoms with Crippen molar-refractivity contribution in [3.63, 3.8) is 0 Å². The highest BCUT2D eigenvalue weighted by atomic mass is 127. The molecule has 0 radical (unpaired) electrons. The van der Waals surface area contributed by atoms with Gasteiger partial charge in [-0.3, -0.25) is 4.99 Å². The van der Waals surface area contributed by atoms with Crippen LogP contribution < -0.4 is 15.4 Å². The standard InChI is InChI=1S/C21H26F4N4O.HI/c1-26-20(28-12-16-6-9-19(22)17(10-16)13-29(2)3)27-11-15-4-7-18(8-5-15)30-14-21(23,24)25;/h4-10H,11-14H2,1-3H3,(H2,26,27,28);1H. The summed E-state index contributed by atoms with van der Waals surface area (Å²) in [6.45, 7) is 0.0786. The van der Waals surface area contributed by atoms with Gasteiger partial charge in [-0.25, -0.2) is 4.39 Å². The zero-order valence-corrected chi connectivity index (χ0v) is 19.9. The number of aliphatic imine (C=N–C) groups is 1. The zero-order chi connectivity index (χ0) is 22.1. The maximum Gasteiger partial charge on any atom is 0.422 e. The highest BCUT2D eigenvalue weighted by Gasteiger charge is 2.28. The van der Waals surface area contributed by atoms with Gasteiger partial charge in [0.1, 0.15) is 11.6 Å². The van der Waals surface area contributed by atoms with E-state index < -0.39 is 12.8 Å². The Balaban J connectivity index is 0.00000480. The average Bonchev–Trinajstić information content (AvgIpc) is 2.68. The minimum atomic E-state index is -4.36. The Morgan fingerprint density at radius 1 is 1.00 bits per heavy atom. The number of nitrogens with zero attached hydrogens (tertiary/aromatic N) is 2. The molecule has 0 unspecified atom stereocenters. The molecule has 2 rings (SSSR count). The van der Waals surface area contributed by atoms with E-state index in [0.29, 0.717) is 31.2 Å². The van der Waals surface area contributed by atoms with Crippen LogP contribution in [-0.2, 0) is 19.6 Å². The van der Waals surface area contributed by atoms with Crippen LogP contribution in [0.4, 0.5) is 17.6 Å². The molecule has 0 atom stereocenters. The smallest absolute Gasteiger partial charge is 0.422 e. The average molecular weight is 554 g/mol. The molecule has 0 spiro atoms. The first-order valence-electron chi connectivity index (χ1n) is 9.31. The Kier molecular flexibility index (Phi) is 11.0. The topological polar surface area (TPSA) is 48.9 Å². The number of alkyl halides is 3. The molecule has 2 aromatic carbocycles. The highest BCUT2D eigenvalue weighted by Crippen LogP contribution is 2.19. The largest absolute Gasteiger partial charge is 0.484 e. The molecule has 0 bridgehead atoms. The Labute approximate surface area is 196 Å². The first kappa shape index (κ1) is 27.0. The van der Waals surface area contributed by atoms with Gasteiger partial charge in [0.2, 0.25) is 0 Å². The van der Waals surface area contributed by atoms with Gasteiger partial charge in [-0.15, -0.1) is 24.0 Å². The monoisotopic (exact) mass is 554 g/mol. The molecule has 10 heteroatoms. The predicted molar refractivity (Wildman–Crippen MR) is 124 cm³/mol. The third-order valence-corrected chi connectivity index (χ3v) is 4.07. The third kappa shape index (κ3) is 10.2. The first-order valence-corrected chi connectivity index (χ1v) is 9.31. The summed E-state index contributed by atoms with van der Waals surface area (Å²) >= 11 is 0. The zero-order valence-electron chi connectivity index (χ0n) is 17.6. The third-order valence-electron chi connectivity index (χ3n) is 4.07. The van der Waals surface area contributed by atoms with Gasteiger partial charge in [-0.1, -0.05) is 18.2 Å². The van der Waals surface area contributed by atoms with E-state index in [1.54, 1.807) is 25.2 Å². The first-order chi connectivity index (χ1) is 14.2. The Morgan fingerprint density at radius 3 is 2.13 bits per heavy atom. The molecule has 0 saturated heterocycles. The summed E-state index contributed by atoms with van der Waals surface area (Å²) < 4.78 is 55.1. The molecule has 0 aliphatic rings. The molecular weight excluding hydrogens is 527 g/mol. The van der Waals surface area contributed by atoms with Crippen LogP contribution in [0, 0.1) is 5.82 Å². The van der Waals surface area contributed by atoms with Crippen molar-refractivity contribution in [3.05, 3.63) is 65.0 Å². The molecule has 5 nitrogen and oxygen atoms in total. The minimum absolute atomic E-state index is 0. The molecule has 0 aliphatic carbocycles. The maximum atomic E-state index is 13.9. The van der Waals surface area contributed by atoms with Gasteiger partial charge in [-0.2, -0.15) is 13.2 Å². The van der Waals surface area contributed by atoms with Crippen LogP contribution in [-0.4, -0.2) is 44.8 Å². The summed E-state index contributed by atoms with van der Waals surface area (Å²) in [4.78, 5) is 6.04. The molecular formula is C21H27F4IN4O. The number of hydrogen-bond donors (Lipinski definition) is 2. The summed E-state index contributed by atoms with van der Waals surface area (Å²) in [5, 5.41) is 6.28. The van der Waals surface area contributed by atoms with Gasteiger partial charge in [0.25, 0.3) is 0 Å². The van der Waals surface area contributed by atoms with E-state index in [1.807, 2.05) is 25.1 Å². The van der Waals surface area contributed by atoms with E-state index in [4.69, 9.17) is 4.74 Å². The van der Waals surface area contributed by atoms with E-state index in [9.17, 15) is 17.6 Å². The van der Waals surface area contributed by atoms with E-state index >= 15 is 0 Å². The second-order valence-corrected chi connectivity index (χ2v) is 6.99. The highest BCUT2D eigenvalue weighted by molar-refractivity contribution is 14.0. The van der Waals surface area contributed by atoms with Crippen molar-refractivity contribution in [2.75, 3.05) is 27.7 Å². The molecule has 31 heavy (non-hydrogen) atoms. The lowest BCUT2D eigenvalue weighted by molar-refractivity contribution is -0.153. The maximum absolute atomic E-state index is 13.9. The van der Waals surface area contributed by atoms with Crippen molar-refractivity contribution in [3.8, 4) is 5.75 Å². The van der Waals surface area contributed by atoms with Crippen molar-refractivity contribution in [2.24, 2.45) is 4.99 Å². The van der Waals surface area contributed by atoms with Crippen LogP contribution >= 0.6 is 24.0 Å². The van der Waals surface area contributed by atoms with Crippen LogP contribution in [0.2, 0.25) is 0 Å². The molecule has 0 amide bonds. The normalized spacial score (nSPS) is 11.8. The van der Waals surface area contributed by atoms with Gasteiger partial charge in [-0.05, 0) is 49.5 Å². The molecule has 0 heterocycles. The summed E-state index contributed by atoms with van der Waals surface area (Å²) in [6, 6.07) is 11.3. The fraction of sp³-hybridized carbons (Fsp3) is 0.381. The summed E-state index contributed by atoms with van der Waals surface area (Å²) in [5.41, 5.74) is 2.39. The summed E-state index contributed by atoms with van der Waals surface area (Å²) in [7, 11) is 5.39. The Morgan fingerprint density at radius 2 is 1.58 bits per heavy atom. The second-order valence-electron chi connectivity index (χ2n) is 6.99. The molecule has 2 N–H and O–H groups in total. The molecule has 0 aromatic heterocycles. The number of nitrogens with one attached hydrogen (secondary N) is 2. The fourth-order valence-electron chi connectivity index (χ4n) is 2.66. The lowest BCUT2D eigenvalue weighted by Gasteiger charge is -2.15. The Hall–Kier alpha value is -2.08. The minimum Gasteiger partial charge on any atom is -0.484 e. The quantitative estimate of drug-likeness (QED) is 0.221. The van der Waals surface area contributed by atoms with Crippen molar-refractivity contribution >= 4 is 29.9 Å². The number of guanidine groups is 1. The van der Waals surface area contributed by atoms with Gasteiger partial charge >= 0.3 is 6.18 Å². The van der Waals surface area contributed by atoms with Crippen LogP contribution in [0.5, 0.6) is 5.75 Å². The van der Waals surface area contributed by atoms with Crippen molar-refractivity contribution in [1.82, 2.24) is 15.5 Å². The van der Waals surface area contributed by atoms with Crippen molar-refractivity contribution < 1.29 is 22.3 Å². The van der Waals surface area contributed by atoms with Crippen LogP contribution in [0.15, 0.2) is 47.5 Å². The Bertz CT molecular complexity index is 842. The fourth-order valence-corrected chi connectivity index (χ4v) is 2.66. The van der Waals surface area contributed by atoms with Crippen LogP contribution in [0.1, 0.15) is 16.7 Å². The summed E-state index contributed by atoms with van der Waals surface area (Å²) in [6.07, 6.45) is -4.36. The SMILES string of the molecule is CN=C(NCc1ccc(OCC(F)(F)F)cc1)NCc1ccc(F)c(CN(C)C)c1.I. The number of benzene rings is 2. The number of ether oxygens (including phenoxy) is 1. The lowest BCUT2D eigenvalue weighted by atomic mass is 10.1. The van der Waals surface area contributed by atoms with E-state index in [0.717, 1.165) is 11.1 Å². The van der Waals surface area contributed by atoms with Crippen LogP contribution in [0.25, 0.3) is 0 Å². The summed E-state index contributed by atoms with van der Waals surface area (Å²) in [5.74, 6) is 0.465. The molecule has 0 aliphatic heterocycles. The second kappa shape index (κ2) is 12.7. The predicted octanol–water partition coefficient (Wildman–Crippen LogP) is 4.31. The molecule has 0 fully saturated rings. The van der Waals surface area contributed by atoms with Crippen molar-refractivity contribution in [1.29, 1.82) is 0 Å². The van der Waals surface area contributed by atoms with E-state index in [2.05, 4.69) is 15.6 Å². The van der Waals surface area contributed by atoms with Gasteiger partial charge in [0.05, 0.1) is 0 Å². The van der Waals surface area contributed by atoms with Crippen molar-refractivity contribution in [2.45, 2.75) is 25.8 Å². The van der Waals surface area contributed by atoms with Gasteiger partial charge < -0.3 is 20.3 Å². The number of rotatable bonds is 8. The molecule has 2 aromatic rings. The number of hydrogen-bond acceptors (Lipinski definition) is 3. The number of halogens is 5. The lowest BCUT2D eigenvalue weighted by Crippen LogP contribution is -2.36. The van der Waals surface area contributed by atoms with Gasteiger partial charge in [0.15, 0.2) is 12.6 Å². The van der Waals surface area contributed by atoms with E-state index in [1.165, 1.54) is 18.2 Å². The van der Waals surface area contributed by atoms with E-state index in [-0.39, 0.29) is 35.5 Å². The van der Waals surface area contributed by atoms with Gasteiger partial charge in [0, 0.05) is 32.2 Å². The molecule has 172 valence electrons.